The van der Waals surface area contributed by atoms with Gasteiger partial charge in [0.15, 0.2) is 0 Å². The van der Waals surface area contributed by atoms with Gasteiger partial charge in [-0.3, -0.25) is 0 Å². The lowest BCUT2D eigenvalue weighted by atomic mass is 10.2. The normalized spacial score (nSPS) is 12.3. The minimum atomic E-state index is -3.77. The molecule has 0 atom stereocenters. The zero-order valence-corrected chi connectivity index (χ0v) is 17.3. The molecule has 0 aliphatic heterocycles. The molecule has 0 saturated heterocycles. The Labute approximate surface area is 165 Å². The quantitative estimate of drug-likeness (QED) is 0.528. The van der Waals surface area contributed by atoms with Gasteiger partial charge in [-0.05, 0) is 36.8 Å². The van der Waals surface area contributed by atoms with Crippen LogP contribution in [0.5, 0.6) is 0 Å². The number of benzene rings is 2. The predicted octanol–water partition coefficient (Wildman–Crippen LogP) is 4.76. The maximum atomic E-state index is 12.7. The molecule has 0 fully saturated rings. The van der Waals surface area contributed by atoms with Crippen LogP contribution in [-0.2, 0) is 16.6 Å². The molecular formula is C19H17BrN2O2S2. The maximum absolute atomic E-state index is 12.7. The number of hydrogen-bond donors (Lipinski definition) is 0. The smallest absolute Gasteiger partial charge is 0.285 e. The van der Waals surface area contributed by atoms with Crippen molar-refractivity contribution in [2.24, 2.45) is 4.40 Å². The molecule has 26 heavy (non-hydrogen) atoms. The average Bonchev–Trinajstić information content (AvgIpc) is 2.98. The van der Waals surface area contributed by atoms with Crippen LogP contribution in [0.2, 0.25) is 0 Å². The van der Waals surface area contributed by atoms with Gasteiger partial charge in [-0.2, -0.15) is 8.42 Å². The summed E-state index contributed by atoms with van der Waals surface area (Å²) in [6, 6.07) is 14.5. The molecule has 3 rings (SSSR count). The Morgan fingerprint density at radius 3 is 2.42 bits per heavy atom. The second kappa shape index (κ2) is 7.73. The number of rotatable bonds is 5. The van der Waals surface area contributed by atoms with Gasteiger partial charge in [-0.1, -0.05) is 51.8 Å². The number of halogens is 1. The van der Waals surface area contributed by atoms with Crippen LogP contribution >= 0.6 is 27.3 Å². The lowest BCUT2D eigenvalue weighted by molar-refractivity contribution is 0.595. The fourth-order valence-electron chi connectivity index (χ4n) is 2.43. The molecule has 1 heterocycles. The Morgan fingerprint density at radius 1 is 1.15 bits per heavy atom. The number of aryl methyl sites for hydroxylation is 1. The van der Waals surface area contributed by atoms with Crippen LogP contribution in [0.3, 0.4) is 0 Å². The Morgan fingerprint density at radius 2 is 1.81 bits per heavy atom. The van der Waals surface area contributed by atoms with E-state index in [2.05, 4.69) is 26.9 Å². The number of aromatic nitrogens is 1. The summed E-state index contributed by atoms with van der Waals surface area (Å²) in [5, 5.41) is 1.91. The van der Waals surface area contributed by atoms with Crippen molar-refractivity contribution in [2.75, 3.05) is 0 Å². The van der Waals surface area contributed by atoms with Gasteiger partial charge in [0.2, 0.25) is 4.80 Å². The number of hydrogen-bond acceptors (Lipinski definition) is 3. The zero-order valence-electron chi connectivity index (χ0n) is 14.1. The van der Waals surface area contributed by atoms with Gasteiger partial charge in [0.05, 0.1) is 10.6 Å². The highest BCUT2D eigenvalue weighted by molar-refractivity contribution is 9.10. The van der Waals surface area contributed by atoms with Crippen molar-refractivity contribution in [3.8, 4) is 11.3 Å². The van der Waals surface area contributed by atoms with Crippen LogP contribution in [0.4, 0.5) is 0 Å². The molecule has 0 N–H and O–H groups in total. The van der Waals surface area contributed by atoms with Gasteiger partial charge in [0, 0.05) is 16.4 Å². The molecule has 0 unspecified atom stereocenters. The standard InChI is InChI=1S/C19H17BrN2O2S2/c1-3-12-22-18(15-6-8-16(20)9-7-15)13-25-19(22)21-26(23,24)17-10-4-14(2)5-11-17/h3-11,13H,1,12H2,2H3. The predicted molar refractivity (Wildman–Crippen MR) is 110 cm³/mol. The first-order valence-electron chi connectivity index (χ1n) is 7.83. The minimum Gasteiger partial charge on any atom is -0.312 e. The number of nitrogens with zero attached hydrogens (tertiary/aromatic N) is 2. The monoisotopic (exact) mass is 448 g/mol. The van der Waals surface area contributed by atoms with Crippen LogP contribution in [0, 0.1) is 6.92 Å². The molecule has 0 radical (unpaired) electrons. The van der Waals surface area contributed by atoms with E-state index in [0.29, 0.717) is 11.3 Å². The van der Waals surface area contributed by atoms with Gasteiger partial charge in [0.1, 0.15) is 0 Å². The molecule has 2 aromatic carbocycles. The van der Waals surface area contributed by atoms with Crippen LogP contribution in [0.15, 0.2) is 80.3 Å². The fraction of sp³-hybridized carbons (Fsp3) is 0.105. The summed E-state index contributed by atoms with van der Waals surface area (Å²) >= 11 is 4.72. The van der Waals surface area contributed by atoms with Crippen molar-refractivity contribution < 1.29 is 8.42 Å². The van der Waals surface area contributed by atoms with E-state index in [1.54, 1.807) is 30.3 Å². The SMILES string of the molecule is C=CCn1c(-c2ccc(Br)cc2)csc1=NS(=O)(=O)c1ccc(C)cc1. The summed E-state index contributed by atoms with van der Waals surface area (Å²) in [6.07, 6.45) is 1.73. The van der Waals surface area contributed by atoms with Crippen molar-refractivity contribution in [2.45, 2.75) is 18.4 Å². The first kappa shape index (κ1) is 18.8. The molecule has 4 nitrogen and oxygen atoms in total. The zero-order chi connectivity index (χ0) is 18.7. The van der Waals surface area contributed by atoms with E-state index in [4.69, 9.17) is 0 Å². The van der Waals surface area contributed by atoms with E-state index in [-0.39, 0.29) is 4.90 Å². The largest absolute Gasteiger partial charge is 0.312 e. The second-order valence-corrected chi connectivity index (χ2v) is 9.05. The highest BCUT2D eigenvalue weighted by Gasteiger charge is 2.14. The van der Waals surface area contributed by atoms with Gasteiger partial charge in [-0.25, -0.2) is 0 Å². The van der Waals surface area contributed by atoms with E-state index in [1.165, 1.54) is 11.3 Å². The summed E-state index contributed by atoms with van der Waals surface area (Å²) in [4.78, 5) is 0.607. The molecule has 7 heteroatoms. The molecule has 134 valence electrons. The molecule has 0 saturated carbocycles. The van der Waals surface area contributed by atoms with Crippen LogP contribution < -0.4 is 4.80 Å². The number of thiazole rings is 1. The summed E-state index contributed by atoms with van der Waals surface area (Å²) in [6.45, 7) is 6.16. The van der Waals surface area contributed by atoms with Gasteiger partial charge in [0.25, 0.3) is 10.0 Å². The summed E-state index contributed by atoms with van der Waals surface area (Å²) in [5.74, 6) is 0. The van der Waals surface area contributed by atoms with E-state index in [1.807, 2.05) is 41.1 Å². The molecule has 0 aliphatic carbocycles. The van der Waals surface area contributed by atoms with Crippen LogP contribution in [-0.4, -0.2) is 13.0 Å². The van der Waals surface area contributed by atoms with E-state index in [9.17, 15) is 8.42 Å². The van der Waals surface area contributed by atoms with E-state index in [0.717, 1.165) is 21.3 Å². The van der Waals surface area contributed by atoms with Crippen molar-refractivity contribution in [3.63, 3.8) is 0 Å². The van der Waals surface area contributed by atoms with Crippen molar-refractivity contribution in [1.29, 1.82) is 0 Å². The molecule has 0 amide bonds. The third-order valence-electron chi connectivity index (χ3n) is 3.77. The molecule has 0 aliphatic rings. The van der Waals surface area contributed by atoms with Gasteiger partial charge < -0.3 is 4.57 Å². The number of sulfonamides is 1. The highest BCUT2D eigenvalue weighted by Crippen LogP contribution is 2.23. The van der Waals surface area contributed by atoms with Gasteiger partial charge in [-0.15, -0.1) is 22.3 Å². The molecule has 3 aromatic rings. The third kappa shape index (κ3) is 4.06. The Balaban J connectivity index is 2.12. The minimum absolute atomic E-state index is 0.187. The maximum Gasteiger partial charge on any atom is 0.285 e. The summed E-state index contributed by atoms with van der Waals surface area (Å²) in [5.41, 5.74) is 2.89. The fourth-order valence-corrected chi connectivity index (χ4v) is 4.83. The first-order valence-corrected chi connectivity index (χ1v) is 10.9. The lowest BCUT2D eigenvalue weighted by Crippen LogP contribution is -2.17. The number of allylic oxidation sites excluding steroid dienone is 1. The topological polar surface area (TPSA) is 51.4 Å². The molecule has 1 aromatic heterocycles. The Bertz CT molecular complexity index is 1090. The van der Waals surface area contributed by atoms with Crippen molar-refractivity contribution in [1.82, 2.24) is 4.57 Å². The first-order chi connectivity index (χ1) is 12.4. The third-order valence-corrected chi connectivity index (χ3v) is 6.56. The lowest BCUT2D eigenvalue weighted by Gasteiger charge is -2.07. The average molecular weight is 449 g/mol. The van der Waals surface area contributed by atoms with Crippen molar-refractivity contribution >= 4 is 37.3 Å². The van der Waals surface area contributed by atoms with E-state index < -0.39 is 10.0 Å². The second-order valence-electron chi connectivity index (χ2n) is 5.69. The molecule has 0 bridgehead atoms. The molecule has 0 spiro atoms. The Kier molecular flexibility index (Phi) is 5.60. The van der Waals surface area contributed by atoms with Crippen LogP contribution in [0.1, 0.15) is 5.56 Å². The van der Waals surface area contributed by atoms with Gasteiger partial charge >= 0.3 is 0 Å². The summed E-state index contributed by atoms with van der Waals surface area (Å²) < 4.78 is 32.2. The van der Waals surface area contributed by atoms with E-state index >= 15 is 0 Å². The van der Waals surface area contributed by atoms with Crippen molar-refractivity contribution in [3.05, 3.63) is 81.4 Å². The Hall–Kier alpha value is -1.96. The highest BCUT2D eigenvalue weighted by atomic mass is 79.9. The summed E-state index contributed by atoms with van der Waals surface area (Å²) in [7, 11) is -3.77. The molecular weight excluding hydrogens is 432 g/mol. The van der Waals surface area contributed by atoms with Crippen LogP contribution in [0.25, 0.3) is 11.3 Å².